The molecule has 0 heterocycles. The Morgan fingerprint density at radius 3 is 2.40 bits per heavy atom. The number of thioether (sulfide) groups is 1. The van der Waals surface area contributed by atoms with E-state index in [-0.39, 0.29) is 0 Å². The van der Waals surface area contributed by atoms with Crippen LogP contribution in [-0.2, 0) is 4.79 Å². The van der Waals surface area contributed by atoms with Gasteiger partial charge in [-0.15, -0.1) is 0 Å². The third-order valence-corrected chi connectivity index (χ3v) is 3.50. The maximum atomic E-state index is 10.8. The van der Waals surface area contributed by atoms with Crippen LogP contribution in [0.3, 0.4) is 0 Å². The smallest absolute Gasteiger partial charge is 0.323 e. The first-order chi connectivity index (χ1) is 6.75. The van der Waals surface area contributed by atoms with Gasteiger partial charge in [0.15, 0.2) is 0 Å². The standard InChI is InChI=1S/C11H23NO2S/c1-8(2)5-6-15-9(3)7-11(4,12)10(13)14/h8-9H,5-7,12H2,1-4H3,(H,13,14). The van der Waals surface area contributed by atoms with E-state index in [0.29, 0.717) is 17.6 Å². The second-order valence-corrected chi connectivity index (χ2v) is 6.34. The maximum Gasteiger partial charge on any atom is 0.323 e. The first-order valence-corrected chi connectivity index (χ1v) is 6.44. The molecule has 0 aliphatic carbocycles. The largest absolute Gasteiger partial charge is 0.480 e. The average molecular weight is 233 g/mol. The minimum absolute atomic E-state index is 0.301. The van der Waals surface area contributed by atoms with Crippen LogP contribution in [0.15, 0.2) is 0 Å². The van der Waals surface area contributed by atoms with Crippen molar-refractivity contribution < 1.29 is 9.90 Å². The van der Waals surface area contributed by atoms with Gasteiger partial charge in [0.2, 0.25) is 0 Å². The van der Waals surface area contributed by atoms with E-state index < -0.39 is 11.5 Å². The summed E-state index contributed by atoms with van der Waals surface area (Å²) in [6, 6.07) is 0. The molecule has 2 atom stereocenters. The lowest BCUT2D eigenvalue weighted by atomic mass is 9.98. The van der Waals surface area contributed by atoms with Gasteiger partial charge >= 0.3 is 5.97 Å². The van der Waals surface area contributed by atoms with E-state index in [4.69, 9.17) is 10.8 Å². The molecule has 4 heteroatoms. The predicted octanol–water partition coefficient (Wildman–Crippen LogP) is 2.35. The van der Waals surface area contributed by atoms with Gasteiger partial charge in [-0.3, -0.25) is 4.79 Å². The highest BCUT2D eigenvalue weighted by Gasteiger charge is 2.29. The van der Waals surface area contributed by atoms with Crippen LogP contribution in [-0.4, -0.2) is 27.6 Å². The zero-order valence-electron chi connectivity index (χ0n) is 10.1. The number of hydrogen-bond acceptors (Lipinski definition) is 3. The molecular formula is C11H23NO2S. The number of carbonyl (C=O) groups is 1. The van der Waals surface area contributed by atoms with Gasteiger partial charge in [-0.2, -0.15) is 11.8 Å². The van der Waals surface area contributed by atoms with Crippen molar-refractivity contribution in [3.8, 4) is 0 Å². The number of hydrogen-bond donors (Lipinski definition) is 2. The summed E-state index contributed by atoms with van der Waals surface area (Å²) in [6.07, 6.45) is 1.69. The van der Waals surface area contributed by atoms with E-state index in [1.165, 1.54) is 6.42 Å². The van der Waals surface area contributed by atoms with Crippen LogP contribution in [0.5, 0.6) is 0 Å². The molecule has 0 aliphatic heterocycles. The fourth-order valence-electron chi connectivity index (χ4n) is 1.25. The first-order valence-electron chi connectivity index (χ1n) is 5.39. The van der Waals surface area contributed by atoms with Crippen molar-refractivity contribution in [1.29, 1.82) is 0 Å². The number of aliphatic carboxylic acids is 1. The normalized spacial score (nSPS) is 17.5. The molecule has 0 aromatic rings. The molecule has 0 rings (SSSR count). The van der Waals surface area contributed by atoms with Crippen molar-refractivity contribution in [1.82, 2.24) is 0 Å². The maximum absolute atomic E-state index is 10.8. The second-order valence-electron chi connectivity index (χ2n) is 4.79. The Kier molecular flexibility index (Phi) is 6.29. The van der Waals surface area contributed by atoms with Crippen LogP contribution in [0, 0.1) is 5.92 Å². The molecule has 3 N–H and O–H groups in total. The highest BCUT2D eigenvalue weighted by molar-refractivity contribution is 7.99. The summed E-state index contributed by atoms with van der Waals surface area (Å²) in [6.45, 7) is 8.00. The van der Waals surface area contributed by atoms with Gasteiger partial charge in [0.1, 0.15) is 5.54 Å². The quantitative estimate of drug-likeness (QED) is 0.708. The lowest BCUT2D eigenvalue weighted by molar-refractivity contribution is -0.142. The van der Waals surface area contributed by atoms with Crippen molar-refractivity contribution in [3.63, 3.8) is 0 Å². The third kappa shape index (κ3) is 6.79. The van der Waals surface area contributed by atoms with Crippen LogP contribution < -0.4 is 5.73 Å². The SMILES string of the molecule is CC(C)CCSC(C)CC(C)(N)C(=O)O. The Balaban J connectivity index is 3.83. The molecule has 0 aromatic heterocycles. The molecule has 0 bridgehead atoms. The van der Waals surface area contributed by atoms with Gasteiger partial charge in [-0.1, -0.05) is 20.8 Å². The molecule has 3 nitrogen and oxygen atoms in total. The zero-order valence-corrected chi connectivity index (χ0v) is 10.9. The van der Waals surface area contributed by atoms with Crippen LogP contribution in [0.4, 0.5) is 0 Å². The van der Waals surface area contributed by atoms with E-state index in [2.05, 4.69) is 13.8 Å². The van der Waals surface area contributed by atoms with E-state index in [0.717, 1.165) is 5.75 Å². The number of carboxylic acid groups (broad SMARTS) is 1. The fraction of sp³-hybridized carbons (Fsp3) is 0.909. The Labute approximate surface area is 96.8 Å². The van der Waals surface area contributed by atoms with Crippen LogP contribution in [0.25, 0.3) is 0 Å². The number of nitrogens with two attached hydrogens (primary N) is 1. The van der Waals surface area contributed by atoms with Crippen molar-refractivity contribution in [3.05, 3.63) is 0 Å². The second kappa shape index (κ2) is 6.38. The predicted molar refractivity (Wildman–Crippen MR) is 66.2 cm³/mol. The van der Waals surface area contributed by atoms with Crippen molar-refractivity contribution in [2.45, 2.75) is 51.3 Å². The van der Waals surface area contributed by atoms with Crippen LogP contribution in [0.2, 0.25) is 0 Å². The molecule has 2 unspecified atom stereocenters. The van der Waals surface area contributed by atoms with Gasteiger partial charge in [-0.25, -0.2) is 0 Å². The van der Waals surface area contributed by atoms with Gasteiger partial charge in [0.05, 0.1) is 0 Å². The topological polar surface area (TPSA) is 63.3 Å². The average Bonchev–Trinajstić information content (AvgIpc) is 2.01. The fourth-order valence-corrected chi connectivity index (χ4v) is 2.72. The summed E-state index contributed by atoms with van der Waals surface area (Å²) in [5.41, 5.74) is 4.59. The summed E-state index contributed by atoms with van der Waals surface area (Å²) in [7, 11) is 0. The first kappa shape index (κ1) is 14.8. The Hall–Kier alpha value is -0.220. The Morgan fingerprint density at radius 2 is 2.00 bits per heavy atom. The van der Waals surface area contributed by atoms with E-state index >= 15 is 0 Å². The van der Waals surface area contributed by atoms with Gasteiger partial charge < -0.3 is 10.8 Å². The molecule has 0 amide bonds. The molecule has 0 aromatic carbocycles. The van der Waals surface area contributed by atoms with Crippen LogP contribution in [0.1, 0.15) is 40.5 Å². The highest BCUT2D eigenvalue weighted by atomic mass is 32.2. The van der Waals surface area contributed by atoms with Gasteiger partial charge in [0.25, 0.3) is 0 Å². The van der Waals surface area contributed by atoms with Crippen molar-refractivity contribution >= 4 is 17.7 Å². The molecule has 0 fully saturated rings. The van der Waals surface area contributed by atoms with Crippen LogP contribution >= 0.6 is 11.8 Å². The Bertz CT molecular complexity index is 205. The van der Waals surface area contributed by atoms with Crippen molar-refractivity contribution in [2.75, 3.05) is 5.75 Å². The lowest BCUT2D eigenvalue weighted by Crippen LogP contribution is -2.46. The van der Waals surface area contributed by atoms with Gasteiger partial charge in [-0.05, 0) is 31.4 Å². The summed E-state index contributed by atoms with van der Waals surface area (Å²) >= 11 is 1.81. The molecule has 0 saturated carbocycles. The molecule has 0 spiro atoms. The monoisotopic (exact) mass is 233 g/mol. The minimum Gasteiger partial charge on any atom is -0.480 e. The molecular weight excluding hydrogens is 210 g/mol. The molecule has 0 aliphatic rings. The zero-order chi connectivity index (χ0) is 12.1. The van der Waals surface area contributed by atoms with Gasteiger partial charge in [0, 0.05) is 5.25 Å². The third-order valence-electron chi connectivity index (χ3n) is 2.30. The minimum atomic E-state index is -1.09. The van der Waals surface area contributed by atoms with E-state index in [1.807, 2.05) is 6.92 Å². The molecule has 90 valence electrons. The summed E-state index contributed by atoms with van der Waals surface area (Å²) in [5, 5.41) is 9.17. The Morgan fingerprint density at radius 1 is 1.47 bits per heavy atom. The summed E-state index contributed by atoms with van der Waals surface area (Å²) in [4.78, 5) is 10.8. The van der Waals surface area contributed by atoms with E-state index in [9.17, 15) is 4.79 Å². The lowest BCUT2D eigenvalue weighted by Gasteiger charge is -2.23. The molecule has 15 heavy (non-hydrogen) atoms. The molecule has 0 saturated heterocycles. The van der Waals surface area contributed by atoms with Crippen molar-refractivity contribution in [2.24, 2.45) is 11.7 Å². The number of rotatable bonds is 7. The summed E-state index contributed by atoms with van der Waals surface area (Å²) in [5.74, 6) is 0.862. The van der Waals surface area contributed by atoms with E-state index in [1.54, 1.807) is 18.7 Å². The molecule has 0 radical (unpaired) electrons. The summed E-state index contributed by atoms with van der Waals surface area (Å²) < 4.78 is 0. The number of carboxylic acids is 1. The highest BCUT2D eigenvalue weighted by Crippen LogP contribution is 2.22.